The third-order valence-corrected chi connectivity index (χ3v) is 7.86. The zero-order valence-electron chi connectivity index (χ0n) is 18.3. The molecule has 33 heavy (non-hydrogen) atoms. The smallest absolute Gasteiger partial charge is 0.224 e. The second-order valence-electron chi connectivity index (χ2n) is 8.07. The van der Waals surface area contributed by atoms with Gasteiger partial charge in [0.1, 0.15) is 4.90 Å². The van der Waals surface area contributed by atoms with E-state index < -0.39 is 11.4 Å². The summed E-state index contributed by atoms with van der Waals surface area (Å²) in [5.74, 6) is -0.695. The third-order valence-electron chi connectivity index (χ3n) is 5.84. The molecule has 11 nitrogen and oxygen atoms in total. The number of carbonyl (C=O) groups is 1. The Bertz CT molecular complexity index is 854. The molecule has 182 valence electrons. The SMILES string of the molecule is N=NC(=N)c1c(N2CCCC(C(=O)NCCCO)C2)ccc([S+]([O-])N[C@@H]2CCNC2)c1SO. The summed E-state index contributed by atoms with van der Waals surface area (Å²) in [6.07, 6.45) is 2.81. The number of hydrogen-bond acceptors (Lipinski definition) is 10. The van der Waals surface area contributed by atoms with Crippen molar-refractivity contribution in [2.75, 3.05) is 44.2 Å². The zero-order chi connectivity index (χ0) is 23.8. The van der Waals surface area contributed by atoms with Crippen molar-refractivity contribution in [3.63, 3.8) is 0 Å². The molecule has 1 aromatic carbocycles. The molecule has 2 heterocycles. The fraction of sp³-hybridized carbons (Fsp3) is 0.600. The van der Waals surface area contributed by atoms with Crippen molar-refractivity contribution in [2.24, 2.45) is 11.0 Å². The van der Waals surface area contributed by atoms with E-state index in [0.717, 1.165) is 25.8 Å². The van der Waals surface area contributed by atoms with Crippen LogP contribution in [0, 0.1) is 16.9 Å². The summed E-state index contributed by atoms with van der Waals surface area (Å²) in [6.45, 7) is 3.02. The number of piperidine rings is 1. The first kappa shape index (κ1) is 25.9. The van der Waals surface area contributed by atoms with Crippen LogP contribution >= 0.6 is 12.0 Å². The summed E-state index contributed by atoms with van der Waals surface area (Å²) in [5, 5.41) is 26.5. The Labute approximate surface area is 200 Å². The Kier molecular flexibility index (Phi) is 9.92. The highest BCUT2D eigenvalue weighted by molar-refractivity contribution is 7.95. The first-order chi connectivity index (χ1) is 16.0. The van der Waals surface area contributed by atoms with Crippen molar-refractivity contribution in [3.8, 4) is 0 Å². The highest BCUT2D eigenvalue weighted by Crippen LogP contribution is 2.37. The van der Waals surface area contributed by atoms with Gasteiger partial charge in [0.05, 0.1) is 28.9 Å². The summed E-state index contributed by atoms with van der Waals surface area (Å²) in [6, 6.07) is 3.42. The first-order valence-corrected chi connectivity index (χ1v) is 12.9. The molecule has 2 unspecified atom stereocenters. The number of amides is 1. The van der Waals surface area contributed by atoms with Crippen LogP contribution in [0.15, 0.2) is 27.0 Å². The molecule has 0 radical (unpaired) electrons. The number of nitrogens with zero attached hydrogens (tertiary/aromatic N) is 2. The third kappa shape index (κ3) is 6.44. The maximum atomic E-state index is 13.0. The Morgan fingerprint density at radius 1 is 1.42 bits per heavy atom. The number of nitrogens with one attached hydrogen (secondary N) is 5. The van der Waals surface area contributed by atoms with Gasteiger partial charge in [0.25, 0.3) is 0 Å². The van der Waals surface area contributed by atoms with Gasteiger partial charge in [-0.05, 0) is 44.4 Å². The summed E-state index contributed by atoms with van der Waals surface area (Å²) < 4.78 is 26.1. The van der Waals surface area contributed by atoms with Gasteiger partial charge in [0.2, 0.25) is 5.91 Å². The molecular weight excluding hydrogens is 466 g/mol. The molecule has 1 aromatic rings. The molecule has 0 saturated carbocycles. The minimum absolute atomic E-state index is 0.0145. The molecule has 2 fully saturated rings. The average Bonchev–Trinajstić information content (AvgIpc) is 3.35. The number of amidine groups is 1. The first-order valence-electron chi connectivity index (χ1n) is 11.0. The van der Waals surface area contributed by atoms with Crippen LogP contribution in [0.1, 0.15) is 31.2 Å². The summed E-state index contributed by atoms with van der Waals surface area (Å²) in [5.41, 5.74) is 8.20. The quantitative estimate of drug-likeness (QED) is 0.0630. The van der Waals surface area contributed by atoms with Crippen LogP contribution in [-0.4, -0.2) is 71.3 Å². The standard InChI is InChI=1S/C20H31N7O4S2/c21-19(25-22)17-15(27-9-1-3-13(12-27)20(29)24-7-2-10-28)4-5-16(18(17)32-30)33(31)26-14-6-8-23-11-14/h4-5,13-14,21-23,26,28,30H,1-3,6-12H2,(H,24,29)/t13?,14-,33?/m1/s1. The molecule has 3 rings (SSSR count). The van der Waals surface area contributed by atoms with Gasteiger partial charge in [-0.15, -0.1) is 9.84 Å². The van der Waals surface area contributed by atoms with Gasteiger partial charge in [-0.1, -0.05) is 0 Å². The minimum atomic E-state index is -1.62. The van der Waals surface area contributed by atoms with E-state index in [2.05, 4.69) is 20.5 Å². The molecule has 7 N–H and O–H groups in total. The van der Waals surface area contributed by atoms with Gasteiger partial charge in [-0.2, -0.15) is 0 Å². The molecule has 13 heteroatoms. The number of aliphatic hydroxyl groups is 1. The molecule has 0 spiro atoms. The number of anilines is 1. The van der Waals surface area contributed by atoms with Crippen LogP contribution in [0.5, 0.6) is 0 Å². The second-order valence-corrected chi connectivity index (χ2v) is 9.87. The van der Waals surface area contributed by atoms with Crippen LogP contribution in [0.3, 0.4) is 0 Å². The highest BCUT2D eigenvalue weighted by Gasteiger charge is 2.32. The molecule has 2 aliphatic heterocycles. The number of benzene rings is 1. The molecule has 1 amide bonds. The zero-order valence-corrected chi connectivity index (χ0v) is 19.9. The van der Waals surface area contributed by atoms with Crippen LogP contribution in [0.25, 0.3) is 0 Å². The van der Waals surface area contributed by atoms with Crippen molar-refractivity contribution >= 4 is 40.8 Å². The van der Waals surface area contributed by atoms with E-state index in [1.165, 1.54) is 0 Å². The van der Waals surface area contributed by atoms with E-state index in [4.69, 9.17) is 16.0 Å². The lowest BCUT2D eigenvalue weighted by molar-refractivity contribution is -0.125. The van der Waals surface area contributed by atoms with Crippen LogP contribution in [0.4, 0.5) is 5.69 Å². The minimum Gasteiger partial charge on any atom is -0.593 e. The number of hydrogen-bond donors (Lipinski definition) is 7. The Hall–Kier alpha value is -1.74. The lowest BCUT2D eigenvalue weighted by atomic mass is 9.95. The molecule has 3 atom stereocenters. The Morgan fingerprint density at radius 2 is 2.24 bits per heavy atom. The number of aliphatic hydroxyl groups excluding tert-OH is 1. The van der Waals surface area contributed by atoms with Crippen molar-refractivity contribution in [1.82, 2.24) is 15.4 Å². The van der Waals surface area contributed by atoms with Crippen LogP contribution < -0.4 is 20.3 Å². The van der Waals surface area contributed by atoms with E-state index >= 15 is 0 Å². The van der Waals surface area contributed by atoms with E-state index in [-0.39, 0.29) is 40.8 Å². The van der Waals surface area contributed by atoms with Crippen molar-refractivity contribution in [3.05, 3.63) is 17.7 Å². The molecule has 2 aliphatic rings. The van der Waals surface area contributed by atoms with Gasteiger partial charge in [-0.25, -0.2) is 5.53 Å². The van der Waals surface area contributed by atoms with E-state index in [1.54, 1.807) is 12.1 Å². The Balaban J connectivity index is 1.87. The lowest BCUT2D eigenvalue weighted by Gasteiger charge is -2.35. The maximum absolute atomic E-state index is 13.0. The summed E-state index contributed by atoms with van der Waals surface area (Å²) >= 11 is -1.23. The predicted octanol–water partition coefficient (Wildman–Crippen LogP) is 1.30. The molecule has 0 aromatic heterocycles. The van der Waals surface area contributed by atoms with Gasteiger partial charge < -0.3 is 29.7 Å². The van der Waals surface area contributed by atoms with E-state index in [9.17, 15) is 13.9 Å². The van der Waals surface area contributed by atoms with E-state index in [1.807, 2.05) is 4.90 Å². The number of carbonyl (C=O) groups excluding carboxylic acids is 1. The summed E-state index contributed by atoms with van der Waals surface area (Å²) in [7, 11) is 0. The maximum Gasteiger partial charge on any atom is 0.224 e. The van der Waals surface area contributed by atoms with Crippen molar-refractivity contribution < 1.29 is 19.0 Å². The fourth-order valence-corrected chi connectivity index (χ4v) is 6.04. The van der Waals surface area contributed by atoms with Gasteiger partial charge in [-0.3, -0.25) is 10.2 Å². The average molecular weight is 498 g/mol. The topological polar surface area (TPSA) is 180 Å². The van der Waals surface area contributed by atoms with Crippen molar-refractivity contribution in [2.45, 2.75) is 41.5 Å². The summed E-state index contributed by atoms with van der Waals surface area (Å²) in [4.78, 5) is 15.1. The van der Waals surface area contributed by atoms with Gasteiger partial charge in [0.15, 0.2) is 10.7 Å². The fourth-order valence-electron chi connectivity index (χ4n) is 4.15. The largest absolute Gasteiger partial charge is 0.593 e. The van der Waals surface area contributed by atoms with Gasteiger partial charge in [0, 0.05) is 50.5 Å². The van der Waals surface area contributed by atoms with Crippen LogP contribution in [-0.2, 0) is 16.2 Å². The number of rotatable bonds is 10. The predicted molar refractivity (Wildman–Crippen MR) is 127 cm³/mol. The van der Waals surface area contributed by atoms with E-state index in [0.29, 0.717) is 55.2 Å². The molecule has 2 saturated heterocycles. The normalized spacial score (nSPS) is 21.6. The van der Waals surface area contributed by atoms with Gasteiger partial charge >= 0.3 is 0 Å². The van der Waals surface area contributed by atoms with Crippen LogP contribution in [0.2, 0.25) is 0 Å². The molecule has 0 bridgehead atoms. The van der Waals surface area contributed by atoms with Crippen molar-refractivity contribution in [1.29, 1.82) is 10.9 Å². The molecular formula is C20H31N7O4S2. The molecule has 0 aliphatic carbocycles. The Morgan fingerprint density at radius 3 is 2.91 bits per heavy atom. The monoisotopic (exact) mass is 497 g/mol. The second kappa shape index (κ2) is 12.6. The highest BCUT2D eigenvalue weighted by atomic mass is 32.2. The lowest BCUT2D eigenvalue weighted by Crippen LogP contribution is -2.44.